The van der Waals surface area contributed by atoms with Gasteiger partial charge in [-0.25, -0.2) is 4.98 Å². The van der Waals surface area contributed by atoms with E-state index in [0.29, 0.717) is 40.9 Å². The predicted octanol–water partition coefficient (Wildman–Crippen LogP) is 4.00. The zero-order valence-electron chi connectivity index (χ0n) is 18.3. The van der Waals surface area contributed by atoms with Crippen molar-refractivity contribution < 1.29 is 14.3 Å². The number of thiophene rings is 1. The number of nitrogens with zero attached hydrogens (tertiary/aromatic N) is 2. The van der Waals surface area contributed by atoms with E-state index in [1.165, 1.54) is 23.1 Å². The maximum Gasteiger partial charge on any atom is 0.263 e. The van der Waals surface area contributed by atoms with E-state index in [-0.39, 0.29) is 23.3 Å². The number of hydrogen-bond donors (Lipinski definition) is 1. The van der Waals surface area contributed by atoms with Gasteiger partial charge in [-0.2, -0.15) is 0 Å². The summed E-state index contributed by atoms with van der Waals surface area (Å²) in [6.07, 6.45) is 1.66. The number of fused-ring (bicyclic) bond motifs is 2. The molecule has 1 atom stereocenters. The van der Waals surface area contributed by atoms with Crippen molar-refractivity contribution in [3.63, 3.8) is 0 Å². The smallest absolute Gasteiger partial charge is 0.263 e. The van der Waals surface area contributed by atoms with Crippen LogP contribution in [0.2, 0.25) is 0 Å². The van der Waals surface area contributed by atoms with E-state index >= 15 is 0 Å². The summed E-state index contributed by atoms with van der Waals surface area (Å²) in [4.78, 5) is 32.1. The van der Waals surface area contributed by atoms with Crippen LogP contribution in [0.1, 0.15) is 29.0 Å². The van der Waals surface area contributed by atoms with Crippen LogP contribution in [0.5, 0.6) is 11.5 Å². The van der Waals surface area contributed by atoms with Crippen LogP contribution in [0.25, 0.3) is 10.2 Å². The second-order valence-electron chi connectivity index (χ2n) is 7.54. The molecular formula is C23H25N3O4S2. The number of amides is 1. The Morgan fingerprint density at radius 2 is 2.09 bits per heavy atom. The first-order chi connectivity index (χ1) is 15.4. The van der Waals surface area contributed by atoms with Crippen molar-refractivity contribution in [3.8, 4) is 11.5 Å². The molecule has 1 aromatic carbocycles. The largest absolute Gasteiger partial charge is 0.486 e. The van der Waals surface area contributed by atoms with Crippen LogP contribution < -0.4 is 20.3 Å². The monoisotopic (exact) mass is 471 g/mol. The number of allylic oxidation sites excluding steroid dienone is 1. The zero-order valence-corrected chi connectivity index (χ0v) is 19.9. The summed E-state index contributed by atoms with van der Waals surface area (Å²) < 4.78 is 12.8. The first-order valence-electron chi connectivity index (χ1n) is 10.3. The summed E-state index contributed by atoms with van der Waals surface area (Å²) in [6.45, 7) is 11.0. The van der Waals surface area contributed by atoms with Crippen LogP contribution in [0, 0.1) is 13.8 Å². The van der Waals surface area contributed by atoms with Crippen molar-refractivity contribution in [2.75, 3.05) is 19.0 Å². The molecule has 0 aliphatic carbocycles. The van der Waals surface area contributed by atoms with Crippen LogP contribution >= 0.6 is 23.1 Å². The summed E-state index contributed by atoms with van der Waals surface area (Å²) in [5.41, 5.74) is 1.80. The third-order valence-corrected chi connectivity index (χ3v) is 7.42. The Labute approximate surface area is 194 Å². The van der Waals surface area contributed by atoms with Crippen LogP contribution in [-0.2, 0) is 11.3 Å². The summed E-state index contributed by atoms with van der Waals surface area (Å²) in [5.74, 6) is 1.41. The molecule has 1 amide bonds. The fraction of sp³-hybridized carbons (Fsp3) is 0.348. The van der Waals surface area contributed by atoms with Crippen molar-refractivity contribution in [1.29, 1.82) is 0 Å². The Morgan fingerprint density at radius 3 is 2.84 bits per heavy atom. The van der Waals surface area contributed by atoms with Crippen LogP contribution in [-0.4, -0.2) is 34.4 Å². The molecule has 1 aliphatic rings. The SMILES string of the molecule is C=CCn1c(SCC(=O)NC(C)c2ccc3c(c2)OCCO3)nc2sc(C)c(C)c2c1=O. The molecule has 3 heterocycles. The van der Waals surface area contributed by atoms with Gasteiger partial charge in [0.1, 0.15) is 18.0 Å². The van der Waals surface area contributed by atoms with Crippen molar-refractivity contribution in [3.05, 3.63) is 57.2 Å². The van der Waals surface area contributed by atoms with Gasteiger partial charge >= 0.3 is 0 Å². The molecule has 1 N–H and O–H groups in total. The Hall–Kier alpha value is -2.78. The molecule has 0 radical (unpaired) electrons. The maximum absolute atomic E-state index is 13.0. The number of thioether (sulfide) groups is 1. The fourth-order valence-corrected chi connectivity index (χ4v) is 5.43. The highest BCUT2D eigenvalue weighted by molar-refractivity contribution is 7.99. The molecule has 2 aromatic heterocycles. The molecular weight excluding hydrogens is 446 g/mol. The predicted molar refractivity (Wildman–Crippen MR) is 128 cm³/mol. The minimum atomic E-state index is -0.202. The molecule has 168 valence electrons. The van der Waals surface area contributed by atoms with Gasteiger partial charge in [0.2, 0.25) is 5.91 Å². The fourth-order valence-electron chi connectivity index (χ4n) is 3.53. The number of benzene rings is 1. The standard InChI is InChI=1S/C23H25N3O4S2/c1-5-8-26-22(28)20-13(2)15(4)32-21(20)25-23(26)31-12-19(27)24-14(3)16-6-7-17-18(11-16)30-10-9-29-17/h5-7,11,14H,1,8-10,12H2,2-4H3,(H,24,27). The van der Waals surface area contributed by atoms with Gasteiger partial charge in [-0.1, -0.05) is 23.9 Å². The van der Waals surface area contributed by atoms with E-state index in [9.17, 15) is 9.59 Å². The van der Waals surface area contributed by atoms with Gasteiger partial charge in [-0.3, -0.25) is 14.2 Å². The number of carbonyl (C=O) groups is 1. The lowest BCUT2D eigenvalue weighted by atomic mass is 10.1. The molecule has 32 heavy (non-hydrogen) atoms. The van der Waals surface area contributed by atoms with Crippen molar-refractivity contribution in [1.82, 2.24) is 14.9 Å². The highest BCUT2D eigenvalue weighted by Crippen LogP contribution is 2.33. The number of aryl methyl sites for hydroxylation is 2. The van der Waals surface area contributed by atoms with E-state index in [4.69, 9.17) is 9.47 Å². The first-order valence-corrected chi connectivity index (χ1v) is 12.1. The molecule has 3 aromatic rings. The van der Waals surface area contributed by atoms with E-state index in [1.807, 2.05) is 39.0 Å². The lowest BCUT2D eigenvalue weighted by molar-refractivity contribution is -0.119. The Morgan fingerprint density at radius 1 is 1.34 bits per heavy atom. The molecule has 0 saturated carbocycles. The molecule has 0 saturated heterocycles. The van der Waals surface area contributed by atoms with E-state index in [1.54, 1.807) is 10.6 Å². The molecule has 1 aliphatic heterocycles. The van der Waals surface area contributed by atoms with Gasteiger partial charge in [0, 0.05) is 11.4 Å². The normalized spacial score (nSPS) is 13.7. The summed E-state index contributed by atoms with van der Waals surface area (Å²) in [7, 11) is 0. The number of hydrogen-bond acceptors (Lipinski definition) is 7. The number of rotatable bonds is 7. The second-order valence-corrected chi connectivity index (χ2v) is 9.69. The Kier molecular flexibility index (Phi) is 6.57. The minimum absolute atomic E-state index is 0.0932. The minimum Gasteiger partial charge on any atom is -0.486 e. The molecule has 9 heteroatoms. The van der Waals surface area contributed by atoms with Gasteiger partial charge in [-0.05, 0) is 44.0 Å². The summed E-state index contributed by atoms with van der Waals surface area (Å²) >= 11 is 2.75. The zero-order chi connectivity index (χ0) is 22.8. The second kappa shape index (κ2) is 9.38. The maximum atomic E-state index is 13.0. The molecule has 0 bridgehead atoms. The Balaban J connectivity index is 1.48. The molecule has 0 fully saturated rings. The summed E-state index contributed by atoms with van der Waals surface area (Å²) in [5, 5.41) is 4.17. The average Bonchev–Trinajstić information content (AvgIpc) is 3.07. The van der Waals surface area contributed by atoms with Gasteiger partial charge in [0.25, 0.3) is 5.56 Å². The lowest BCUT2D eigenvalue weighted by Crippen LogP contribution is -2.29. The number of aromatic nitrogens is 2. The third kappa shape index (κ3) is 4.40. The quantitative estimate of drug-likeness (QED) is 0.319. The van der Waals surface area contributed by atoms with Crippen LogP contribution in [0.4, 0.5) is 0 Å². The third-order valence-electron chi connectivity index (χ3n) is 5.34. The average molecular weight is 472 g/mol. The van der Waals surface area contributed by atoms with Crippen molar-refractivity contribution in [2.24, 2.45) is 0 Å². The van der Waals surface area contributed by atoms with Crippen LogP contribution in [0.15, 0.2) is 40.8 Å². The van der Waals surface area contributed by atoms with Crippen molar-refractivity contribution in [2.45, 2.75) is 38.5 Å². The van der Waals surface area contributed by atoms with Gasteiger partial charge in [0.05, 0.1) is 17.2 Å². The number of carbonyl (C=O) groups excluding carboxylic acids is 1. The van der Waals surface area contributed by atoms with E-state index in [0.717, 1.165) is 21.8 Å². The molecule has 7 nitrogen and oxygen atoms in total. The number of nitrogens with one attached hydrogen (secondary N) is 1. The van der Waals surface area contributed by atoms with Gasteiger partial charge < -0.3 is 14.8 Å². The van der Waals surface area contributed by atoms with E-state index in [2.05, 4.69) is 16.9 Å². The van der Waals surface area contributed by atoms with E-state index < -0.39 is 0 Å². The highest BCUT2D eigenvalue weighted by atomic mass is 32.2. The highest BCUT2D eigenvalue weighted by Gasteiger charge is 2.19. The Bertz CT molecular complexity index is 1250. The van der Waals surface area contributed by atoms with Gasteiger partial charge in [-0.15, -0.1) is 17.9 Å². The topological polar surface area (TPSA) is 82.5 Å². The van der Waals surface area contributed by atoms with Gasteiger partial charge in [0.15, 0.2) is 16.7 Å². The summed E-state index contributed by atoms with van der Waals surface area (Å²) in [6, 6.07) is 5.47. The molecule has 4 rings (SSSR count). The lowest BCUT2D eigenvalue weighted by Gasteiger charge is -2.21. The van der Waals surface area contributed by atoms with Crippen LogP contribution in [0.3, 0.4) is 0 Å². The molecule has 1 unspecified atom stereocenters. The molecule has 0 spiro atoms. The first kappa shape index (κ1) is 22.4. The number of ether oxygens (including phenoxy) is 2. The van der Waals surface area contributed by atoms with Crippen molar-refractivity contribution >= 4 is 39.2 Å².